The summed E-state index contributed by atoms with van der Waals surface area (Å²) in [6.07, 6.45) is 1.75. The molecule has 0 radical (unpaired) electrons. The third kappa shape index (κ3) is 2.93. The van der Waals surface area contributed by atoms with E-state index in [-0.39, 0.29) is 5.54 Å². The Morgan fingerprint density at radius 2 is 1.90 bits per heavy atom. The molecule has 0 spiro atoms. The molecule has 0 amide bonds. The molecule has 0 aliphatic carbocycles. The fourth-order valence-corrected chi connectivity index (χ4v) is 2.48. The maximum absolute atomic E-state index is 6.57. The highest BCUT2D eigenvalue weighted by atomic mass is 15.3. The molecule has 0 fully saturated rings. The molecule has 2 N–H and O–H groups in total. The Bertz CT molecular complexity index is 609. The third-order valence-electron chi connectivity index (χ3n) is 4.10. The van der Waals surface area contributed by atoms with Crippen molar-refractivity contribution in [3.8, 4) is 0 Å². The molecular weight excluding hydrogens is 246 g/mol. The Hall–Kier alpha value is -1.61. The van der Waals surface area contributed by atoms with E-state index >= 15 is 0 Å². The van der Waals surface area contributed by atoms with Crippen molar-refractivity contribution in [2.75, 3.05) is 0 Å². The first-order valence-electron chi connectivity index (χ1n) is 7.22. The van der Waals surface area contributed by atoms with Crippen molar-refractivity contribution in [2.45, 2.75) is 46.1 Å². The molecule has 0 bridgehead atoms. The van der Waals surface area contributed by atoms with E-state index in [0.717, 1.165) is 18.5 Å². The van der Waals surface area contributed by atoms with E-state index in [0.29, 0.717) is 0 Å². The van der Waals surface area contributed by atoms with Crippen molar-refractivity contribution >= 4 is 0 Å². The van der Waals surface area contributed by atoms with Gasteiger partial charge < -0.3 is 5.73 Å². The predicted molar refractivity (Wildman–Crippen MR) is 83.7 cm³/mol. The highest BCUT2D eigenvalue weighted by Crippen LogP contribution is 2.25. The molecule has 0 saturated carbocycles. The average molecular weight is 271 g/mol. The normalized spacial score (nSPS) is 14.3. The van der Waals surface area contributed by atoms with Crippen molar-refractivity contribution in [3.05, 3.63) is 52.3 Å². The summed E-state index contributed by atoms with van der Waals surface area (Å²) in [5.41, 5.74) is 12.3. The Balaban J connectivity index is 2.29. The second-order valence-corrected chi connectivity index (χ2v) is 6.00. The number of nitrogens with two attached hydrogens (primary N) is 1. The van der Waals surface area contributed by atoms with E-state index in [4.69, 9.17) is 5.73 Å². The lowest BCUT2D eigenvalue weighted by Gasteiger charge is -2.26. The average Bonchev–Trinajstić information content (AvgIpc) is 2.73. The van der Waals surface area contributed by atoms with Crippen LogP contribution in [0.5, 0.6) is 0 Å². The van der Waals surface area contributed by atoms with Crippen LogP contribution < -0.4 is 5.73 Å². The SMILES string of the molecule is CCc1cc(CC(C)(N)c2ccc(C)c(C)c2)n(C)n1. The summed E-state index contributed by atoms with van der Waals surface area (Å²) < 4.78 is 1.95. The van der Waals surface area contributed by atoms with Gasteiger partial charge in [-0.2, -0.15) is 5.10 Å². The molecule has 2 rings (SSSR count). The Morgan fingerprint density at radius 1 is 1.20 bits per heavy atom. The van der Waals surface area contributed by atoms with E-state index in [1.54, 1.807) is 0 Å². The summed E-state index contributed by atoms with van der Waals surface area (Å²) in [7, 11) is 1.99. The van der Waals surface area contributed by atoms with E-state index in [1.165, 1.54) is 22.4 Å². The lowest BCUT2D eigenvalue weighted by molar-refractivity contribution is 0.471. The van der Waals surface area contributed by atoms with Crippen molar-refractivity contribution in [1.82, 2.24) is 9.78 Å². The van der Waals surface area contributed by atoms with Crippen molar-refractivity contribution in [3.63, 3.8) is 0 Å². The Kier molecular flexibility index (Phi) is 4.00. The molecule has 1 atom stereocenters. The zero-order valence-electron chi connectivity index (χ0n) is 13.2. The van der Waals surface area contributed by atoms with Gasteiger partial charge in [-0.3, -0.25) is 4.68 Å². The maximum atomic E-state index is 6.57. The lowest BCUT2D eigenvalue weighted by Crippen LogP contribution is -2.36. The fourth-order valence-electron chi connectivity index (χ4n) is 2.48. The van der Waals surface area contributed by atoms with Crippen LogP contribution in [0.4, 0.5) is 0 Å². The molecule has 108 valence electrons. The number of aryl methyl sites for hydroxylation is 4. The summed E-state index contributed by atoms with van der Waals surface area (Å²) in [6, 6.07) is 8.65. The van der Waals surface area contributed by atoms with Crippen LogP contribution in [0.25, 0.3) is 0 Å². The number of hydrogen-bond acceptors (Lipinski definition) is 2. The van der Waals surface area contributed by atoms with Gasteiger partial charge in [0.05, 0.1) is 5.69 Å². The molecule has 1 unspecified atom stereocenters. The van der Waals surface area contributed by atoms with Crippen LogP contribution in [0.1, 0.15) is 41.9 Å². The van der Waals surface area contributed by atoms with Crippen LogP contribution in [0.15, 0.2) is 24.3 Å². The number of benzene rings is 1. The number of nitrogens with zero attached hydrogens (tertiary/aromatic N) is 2. The van der Waals surface area contributed by atoms with Crippen LogP contribution in [-0.4, -0.2) is 9.78 Å². The van der Waals surface area contributed by atoms with Gasteiger partial charge in [-0.25, -0.2) is 0 Å². The van der Waals surface area contributed by atoms with Gasteiger partial charge in [-0.15, -0.1) is 0 Å². The second kappa shape index (κ2) is 5.41. The highest BCUT2D eigenvalue weighted by Gasteiger charge is 2.24. The van der Waals surface area contributed by atoms with Gasteiger partial charge in [-0.1, -0.05) is 25.1 Å². The molecule has 0 saturated heterocycles. The molecule has 3 nitrogen and oxygen atoms in total. The molecule has 3 heteroatoms. The van der Waals surface area contributed by atoms with Gasteiger partial charge in [0.25, 0.3) is 0 Å². The molecule has 1 aromatic carbocycles. The smallest absolute Gasteiger partial charge is 0.0624 e. The van der Waals surface area contributed by atoms with Crippen LogP contribution in [0.3, 0.4) is 0 Å². The quantitative estimate of drug-likeness (QED) is 0.929. The summed E-state index contributed by atoms with van der Waals surface area (Å²) >= 11 is 0. The van der Waals surface area contributed by atoms with Crippen LogP contribution >= 0.6 is 0 Å². The summed E-state index contributed by atoms with van der Waals surface area (Å²) in [5.74, 6) is 0. The molecule has 20 heavy (non-hydrogen) atoms. The summed E-state index contributed by atoms with van der Waals surface area (Å²) in [4.78, 5) is 0. The Labute approximate surface area is 121 Å². The Morgan fingerprint density at radius 3 is 2.45 bits per heavy atom. The molecule has 0 aliphatic heterocycles. The lowest BCUT2D eigenvalue weighted by atomic mass is 9.86. The summed E-state index contributed by atoms with van der Waals surface area (Å²) in [6.45, 7) is 8.47. The van der Waals surface area contributed by atoms with Crippen LogP contribution in [-0.2, 0) is 25.4 Å². The maximum Gasteiger partial charge on any atom is 0.0624 e. The highest BCUT2D eigenvalue weighted by molar-refractivity contribution is 5.34. The number of aromatic nitrogens is 2. The standard InChI is InChI=1S/C17H25N3/c1-6-15-10-16(20(5)19-15)11-17(4,18)14-8-7-12(2)13(3)9-14/h7-10H,6,11,18H2,1-5H3. The molecule has 2 aromatic rings. The number of rotatable bonds is 4. The van der Waals surface area contributed by atoms with Crippen molar-refractivity contribution in [1.29, 1.82) is 0 Å². The van der Waals surface area contributed by atoms with Gasteiger partial charge >= 0.3 is 0 Å². The van der Waals surface area contributed by atoms with Crippen LogP contribution in [0, 0.1) is 13.8 Å². The molecule has 1 heterocycles. The van der Waals surface area contributed by atoms with E-state index in [9.17, 15) is 0 Å². The monoisotopic (exact) mass is 271 g/mol. The first-order valence-corrected chi connectivity index (χ1v) is 7.22. The minimum absolute atomic E-state index is 0.378. The summed E-state index contributed by atoms with van der Waals surface area (Å²) in [5, 5.41) is 4.50. The van der Waals surface area contributed by atoms with E-state index < -0.39 is 0 Å². The van der Waals surface area contributed by atoms with Gasteiger partial charge in [0.15, 0.2) is 0 Å². The van der Waals surface area contributed by atoms with Gasteiger partial charge in [0.2, 0.25) is 0 Å². The number of hydrogen-bond donors (Lipinski definition) is 1. The molecule has 1 aromatic heterocycles. The predicted octanol–water partition coefficient (Wildman–Crippen LogP) is 3.02. The van der Waals surface area contributed by atoms with Crippen molar-refractivity contribution < 1.29 is 0 Å². The molecular formula is C17H25N3. The van der Waals surface area contributed by atoms with Crippen LogP contribution in [0.2, 0.25) is 0 Å². The first-order chi connectivity index (χ1) is 9.33. The zero-order valence-corrected chi connectivity index (χ0v) is 13.2. The van der Waals surface area contributed by atoms with E-state index in [2.05, 4.69) is 57.1 Å². The second-order valence-electron chi connectivity index (χ2n) is 6.00. The first kappa shape index (κ1) is 14.8. The van der Waals surface area contributed by atoms with Gasteiger partial charge in [0.1, 0.15) is 0 Å². The van der Waals surface area contributed by atoms with E-state index in [1.807, 2.05) is 11.7 Å². The topological polar surface area (TPSA) is 43.8 Å². The minimum atomic E-state index is -0.378. The fraction of sp³-hybridized carbons (Fsp3) is 0.471. The minimum Gasteiger partial charge on any atom is -0.321 e. The van der Waals surface area contributed by atoms with Gasteiger partial charge in [-0.05, 0) is 49.9 Å². The third-order valence-corrected chi connectivity index (χ3v) is 4.10. The zero-order chi connectivity index (χ0) is 14.9. The van der Waals surface area contributed by atoms with Crippen molar-refractivity contribution in [2.24, 2.45) is 12.8 Å². The largest absolute Gasteiger partial charge is 0.321 e. The molecule has 0 aliphatic rings. The van der Waals surface area contributed by atoms with Gasteiger partial charge in [0, 0.05) is 24.7 Å².